The number of ether oxygens (including phenoxy) is 1. The van der Waals surface area contributed by atoms with Gasteiger partial charge in [0.25, 0.3) is 0 Å². The molecule has 0 saturated carbocycles. The van der Waals surface area contributed by atoms with E-state index in [4.69, 9.17) is 4.74 Å². The van der Waals surface area contributed by atoms with Crippen LogP contribution >= 0.6 is 0 Å². The lowest BCUT2D eigenvalue weighted by molar-refractivity contribution is 0.193. The summed E-state index contributed by atoms with van der Waals surface area (Å²) in [6.07, 6.45) is 4.43. The summed E-state index contributed by atoms with van der Waals surface area (Å²) < 4.78 is 5.41. The molecule has 1 atom stereocenters. The Labute approximate surface area is 111 Å². The molecule has 19 heavy (non-hydrogen) atoms. The smallest absolute Gasteiger partial charge is 0.132 e. The Kier molecular flexibility index (Phi) is 3.41. The molecule has 0 spiro atoms. The summed E-state index contributed by atoms with van der Waals surface area (Å²) in [5.41, 5.74) is 2.13. The van der Waals surface area contributed by atoms with Crippen molar-refractivity contribution in [3.63, 3.8) is 0 Å². The molecule has 1 fully saturated rings. The molecule has 3 rings (SSSR count). The third kappa shape index (κ3) is 2.73. The van der Waals surface area contributed by atoms with E-state index in [1.807, 2.05) is 13.1 Å². The number of hydrogen-bond donors (Lipinski definition) is 1. The van der Waals surface area contributed by atoms with Crippen molar-refractivity contribution >= 4 is 5.82 Å². The Hall–Kier alpha value is -1.95. The van der Waals surface area contributed by atoms with Gasteiger partial charge in [0.1, 0.15) is 12.1 Å². The van der Waals surface area contributed by atoms with Crippen molar-refractivity contribution in [3.8, 4) is 0 Å². The molecule has 0 unspecified atom stereocenters. The summed E-state index contributed by atoms with van der Waals surface area (Å²) in [4.78, 5) is 10.8. The van der Waals surface area contributed by atoms with Crippen molar-refractivity contribution in [3.05, 3.63) is 36.0 Å². The standard InChI is InChI=1S/C13H17N5O/c1-18(7-11-2-4-16-17-11)13-6-12(14-9-15-13)10-3-5-19-8-10/h2,4,6,9-10H,3,5,7-8H2,1H3,(H,16,17)/t10-/m0/s1. The Morgan fingerprint density at radius 2 is 2.42 bits per heavy atom. The first-order chi connectivity index (χ1) is 9.33. The van der Waals surface area contributed by atoms with Gasteiger partial charge in [-0.05, 0) is 12.5 Å². The average molecular weight is 259 g/mol. The van der Waals surface area contributed by atoms with E-state index < -0.39 is 0 Å². The molecule has 0 aliphatic carbocycles. The molecule has 1 aliphatic heterocycles. The van der Waals surface area contributed by atoms with E-state index in [-0.39, 0.29) is 0 Å². The Bertz CT molecular complexity index is 522. The van der Waals surface area contributed by atoms with Crippen molar-refractivity contribution in [2.75, 3.05) is 25.2 Å². The van der Waals surface area contributed by atoms with Gasteiger partial charge in [0.05, 0.1) is 24.5 Å². The molecule has 2 aromatic heterocycles. The first kappa shape index (κ1) is 12.1. The third-order valence-electron chi connectivity index (χ3n) is 3.38. The van der Waals surface area contributed by atoms with Crippen LogP contribution in [0.15, 0.2) is 24.7 Å². The van der Waals surface area contributed by atoms with Crippen molar-refractivity contribution < 1.29 is 4.74 Å². The zero-order chi connectivity index (χ0) is 13.1. The van der Waals surface area contributed by atoms with E-state index in [2.05, 4.69) is 31.1 Å². The van der Waals surface area contributed by atoms with Crippen LogP contribution in [-0.4, -0.2) is 40.4 Å². The van der Waals surface area contributed by atoms with Gasteiger partial charge in [-0.3, -0.25) is 5.10 Å². The van der Waals surface area contributed by atoms with E-state index in [9.17, 15) is 0 Å². The number of H-pyrrole nitrogens is 1. The normalized spacial score (nSPS) is 18.7. The Morgan fingerprint density at radius 1 is 1.47 bits per heavy atom. The number of aromatic amines is 1. The zero-order valence-corrected chi connectivity index (χ0v) is 10.9. The van der Waals surface area contributed by atoms with Crippen molar-refractivity contribution in [1.82, 2.24) is 20.2 Å². The molecular weight excluding hydrogens is 242 g/mol. The molecule has 100 valence electrons. The zero-order valence-electron chi connectivity index (χ0n) is 10.9. The second-order valence-electron chi connectivity index (χ2n) is 4.80. The minimum Gasteiger partial charge on any atom is -0.381 e. The topological polar surface area (TPSA) is 66.9 Å². The van der Waals surface area contributed by atoms with Crippen LogP contribution in [0.2, 0.25) is 0 Å². The Morgan fingerprint density at radius 3 is 3.16 bits per heavy atom. The highest BCUT2D eigenvalue weighted by molar-refractivity contribution is 5.39. The molecule has 1 aliphatic rings. The highest BCUT2D eigenvalue weighted by Gasteiger charge is 2.20. The number of hydrogen-bond acceptors (Lipinski definition) is 5. The summed E-state index contributed by atoms with van der Waals surface area (Å²) >= 11 is 0. The van der Waals surface area contributed by atoms with Gasteiger partial charge in [-0.25, -0.2) is 9.97 Å². The third-order valence-corrected chi connectivity index (χ3v) is 3.38. The summed E-state index contributed by atoms with van der Waals surface area (Å²) in [6, 6.07) is 4.01. The second kappa shape index (κ2) is 5.36. The number of aromatic nitrogens is 4. The number of rotatable bonds is 4. The van der Waals surface area contributed by atoms with Crippen LogP contribution in [0.25, 0.3) is 0 Å². The molecule has 6 heteroatoms. The van der Waals surface area contributed by atoms with E-state index >= 15 is 0 Å². The van der Waals surface area contributed by atoms with Gasteiger partial charge in [-0.1, -0.05) is 0 Å². The predicted octanol–water partition coefficient (Wildman–Crippen LogP) is 1.34. The molecule has 1 N–H and O–H groups in total. The van der Waals surface area contributed by atoms with Gasteiger partial charge < -0.3 is 9.64 Å². The molecule has 1 saturated heterocycles. The van der Waals surface area contributed by atoms with E-state index in [1.54, 1.807) is 12.5 Å². The fourth-order valence-corrected chi connectivity index (χ4v) is 2.27. The summed E-state index contributed by atoms with van der Waals surface area (Å²) in [6.45, 7) is 2.34. The van der Waals surface area contributed by atoms with E-state index in [0.29, 0.717) is 5.92 Å². The van der Waals surface area contributed by atoms with Crippen molar-refractivity contribution in [1.29, 1.82) is 0 Å². The number of nitrogens with one attached hydrogen (secondary N) is 1. The van der Waals surface area contributed by atoms with E-state index in [0.717, 1.165) is 43.4 Å². The monoisotopic (exact) mass is 259 g/mol. The van der Waals surface area contributed by atoms with Crippen molar-refractivity contribution in [2.45, 2.75) is 18.9 Å². The van der Waals surface area contributed by atoms with Gasteiger partial charge in [0.15, 0.2) is 0 Å². The van der Waals surface area contributed by atoms with Gasteiger partial charge in [0.2, 0.25) is 0 Å². The highest BCUT2D eigenvalue weighted by Crippen LogP contribution is 2.25. The summed E-state index contributed by atoms with van der Waals surface area (Å²) in [7, 11) is 2.01. The van der Waals surface area contributed by atoms with Crippen LogP contribution in [0.1, 0.15) is 23.7 Å². The fourth-order valence-electron chi connectivity index (χ4n) is 2.27. The maximum absolute atomic E-state index is 5.41. The number of nitrogens with zero attached hydrogens (tertiary/aromatic N) is 4. The fraction of sp³-hybridized carbons (Fsp3) is 0.462. The minimum atomic E-state index is 0.405. The average Bonchev–Trinajstić information content (AvgIpc) is 3.12. The lowest BCUT2D eigenvalue weighted by atomic mass is 10.0. The van der Waals surface area contributed by atoms with Gasteiger partial charge >= 0.3 is 0 Å². The van der Waals surface area contributed by atoms with Gasteiger partial charge in [-0.2, -0.15) is 5.10 Å². The molecule has 0 amide bonds. The van der Waals surface area contributed by atoms with E-state index in [1.165, 1.54) is 0 Å². The van der Waals surface area contributed by atoms with Crippen molar-refractivity contribution in [2.24, 2.45) is 0 Å². The SMILES string of the molecule is CN(Cc1ccn[nH]1)c1cc([C@H]2CCOC2)ncn1. The first-order valence-electron chi connectivity index (χ1n) is 6.42. The van der Waals surface area contributed by atoms with Crippen LogP contribution in [0.3, 0.4) is 0 Å². The first-order valence-corrected chi connectivity index (χ1v) is 6.42. The van der Waals surface area contributed by atoms with Crippen LogP contribution in [0.4, 0.5) is 5.82 Å². The molecule has 2 aromatic rings. The maximum Gasteiger partial charge on any atom is 0.132 e. The van der Waals surface area contributed by atoms with Crippen LogP contribution in [-0.2, 0) is 11.3 Å². The maximum atomic E-state index is 5.41. The lowest BCUT2D eigenvalue weighted by Gasteiger charge is -2.18. The molecular formula is C13H17N5O. The largest absolute Gasteiger partial charge is 0.381 e. The van der Waals surface area contributed by atoms with Gasteiger partial charge in [-0.15, -0.1) is 0 Å². The minimum absolute atomic E-state index is 0.405. The van der Waals surface area contributed by atoms with Crippen LogP contribution < -0.4 is 4.90 Å². The molecule has 3 heterocycles. The predicted molar refractivity (Wildman–Crippen MR) is 70.9 cm³/mol. The molecule has 0 aromatic carbocycles. The molecule has 6 nitrogen and oxygen atoms in total. The van der Waals surface area contributed by atoms with Crippen LogP contribution in [0.5, 0.6) is 0 Å². The summed E-state index contributed by atoms with van der Waals surface area (Å²) in [5, 5.41) is 6.90. The highest BCUT2D eigenvalue weighted by atomic mass is 16.5. The molecule has 0 bridgehead atoms. The second-order valence-corrected chi connectivity index (χ2v) is 4.80. The summed E-state index contributed by atoms with van der Waals surface area (Å²) in [5.74, 6) is 1.33. The quantitative estimate of drug-likeness (QED) is 0.897. The molecule has 0 radical (unpaired) electrons. The van der Waals surface area contributed by atoms with Gasteiger partial charge in [0, 0.05) is 31.8 Å². The lowest BCUT2D eigenvalue weighted by Crippen LogP contribution is -2.18. The van der Waals surface area contributed by atoms with Crippen LogP contribution in [0, 0.1) is 0 Å². The Balaban J connectivity index is 1.74. The number of anilines is 1.